The number of hydrogen-bond acceptors (Lipinski definition) is 3. The first-order chi connectivity index (χ1) is 13.2. The SMILES string of the molecule is O=C(NCc1ccco1)Nc1ccc2c(c1)N(C(=O)c1ccccc1)CC2. The van der Waals surface area contributed by atoms with Crippen molar-refractivity contribution in [2.75, 3.05) is 16.8 Å². The largest absolute Gasteiger partial charge is 0.467 e. The van der Waals surface area contributed by atoms with Gasteiger partial charge in [-0.1, -0.05) is 24.3 Å². The van der Waals surface area contributed by atoms with Crippen LogP contribution in [0, 0.1) is 0 Å². The van der Waals surface area contributed by atoms with Gasteiger partial charge in [0.05, 0.1) is 12.8 Å². The highest BCUT2D eigenvalue weighted by Crippen LogP contribution is 2.32. The molecular formula is C21H19N3O3. The molecule has 0 saturated carbocycles. The number of amides is 3. The lowest BCUT2D eigenvalue weighted by molar-refractivity contribution is 0.0989. The van der Waals surface area contributed by atoms with Gasteiger partial charge < -0.3 is 20.0 Å². The van der Waals surface area contributed by atoms with Crippen LogP contribution in [0.5, 0.6) is 0 Å². The molecule has 4 rings (SSSR count). The van der Waals surface area contributed by atoms with E-state index in [9.17, 15) is 9.59 Å². The van der Waals surface area contributed by atoms with Crippen LogP contribution in [0.1, 0.15) is 21.7 Å². The van der Waals surface area contributed by atoms with E-state index in [1.807, 2.05) is 48.5 Å². The van der Waals surface area contributed by atoms with Crippen LogP contribution in [-0.4, -0.2) is 18.5 Å². The minimum Gasteiger partial charge on any atom is -0.467 e. The van der Waals surface area contributed by atoms with Crippen molar-refractivity contribution < 1.29 is 14.0 Å². The summed E-state index contributed by atoms with van der Waals surface area (Å²) in [7, 11) is 0. The Morgan fingerprint density at radius 1 is 1.04 bits per heavy atom. The van der Waals surface area contributed by atoms with E-state index in [1.165, 1.54) is 0 Å². The normalized spacial score (nSPS) is 12.5. The second-order valence-corrected chi connectivity index (χ2v) is 6.30. The van der Waals surface area contributed by atoms with Gasteiger partial charge in [0, 0.05) is 23.5 Å². The summed E-state index contributed by atoms with van der Waals surface area (Å²) in [5.74, 6) is 0.646. The van der Waals surface area contributed by atoms with E-state index in [4.69, 9.17) is 4.42 Å². The molecule has 0 spiro atoms. The Balaban J connectivity index is 1.46. The van der Waals surface area contributed by atoms with Crippen molar-refractivity contribution in [3.05, 3.63) is 83.8 Å². The molecule has 2 N–H and O–H groups in total. The maximum absolute atomic E-state index is 12.8. The molecule has 0 radical (unpaired) electrons. The van der Waals surface area contributed by atoms with E-state index in [-0.39, 0.29) is 11.9 Å². The number of fused-ring (bicyclic) bond motifs is 1. The van der Waals surface area contributed by atoms with Gasteiger partial charge in [-0.15, -0.1) is 0 Å². The average molecular weight is 361 g/mol. The molecule has 1 aliphatic rings. The molecule has 0 unspecified atom stereocenters. The van der Waals surface area contributed by atoms with Crippen molar-refractivity contribution in [3.8, 4) is 0 Å². The number of carbonyl (C=O) groups is 2. The highest BCUT2D eigenvalue weighted by molar-refractivity contribution is 6.07. The Morgan fingerprint density at radius 3 is 2.67 bits per heavy atom. The molecule has 136 valence electrons. The van der Waals surface area contributed by atoms with Crippen molar-refractivity contribution in [3.63, 3.8) is 0 Å². The number of urea groups is 1. The fourth-order valence-corrected chi connectivity index (χ4v) is 3.16. The van der Waals surface area contributed by atoms with Gasteiger partial charge >= 0.3 is 6.03 Å². The quantitative estimate of drug-likeness (QED) is 0.742. The summed E-state index contributed by atoms with van der Waals surface area (Å²) < 4.78 is 5.19. The van der Waals surface area contributed by atoms with Gasteiger partial charge in [-0.3, -0.25) is 4.79 Å². The second-order valence-electron chi connectivity index (χ2n) is 6.30. The maximum Gasteiger partial charge on any atom is 0.319 e. The van der Waals surface area contributed by atoms with Crippen molar-refractivity contribution in [1.29, 1.82) is 0 Å². The molecule has 6 nitrogen and oxygen atoms in total. The lowest BCUT2D eigenvalue weighted by Crippen LogP contribution is -2.29. The Hall–Kier alpha value is -3.54. The van der Waals surface area contributed by atoms with E-state index in [0.717, 1.165) is 17.7 Å². The highest BCUT2D eigenvalue weighted by Gasteiger charge is 2.25. The fourth-order valence-electron chi connectivity index (χ4n) is 3.16. The Kier molecular flexibility index (Phi) is 4.61. The van der Waals surface area contributed by atoms with Gasteiger partial charge in [-0.25, -0.2) is 4.79 Å². The topological polar surface area (TPSA) is 74.6 Å². The first kappa shape index (κ1) is 16.9. The third kappa shape index (κ3) is 3.69. The van der Waals surface area contributed by atoms with Crippen molar-refractivity contribution >= 4 is 23.3 Å². The van der Waals surface area contributed by atoms with Crippen LogP contribution in [0.3, 0.4) is 0 Å². The molecule has 27 heavy (non-hydrogen) atoms. The molecule has 6 heteroatoms. The van der Waals surface area contributed by atoms with Gasteiger partial charge in [-0.2, -0.15) is 0 Å². The van der Waals surface area contributed by atoms with Crippen LogP contribution in [0.25, 0.3) is 0 Å². The molecule has 0 saturated heterocycles. The average Bonchev–Trinajstić information content (AvgIpc) is 3.36. The zero-order valence-electron chi connectivity index (χ0n) is 14.6. The van der Waals surface area contributed by atoms with E-state index < -0.39 is 0 Å². The molecule has 2 heterocycles. The van der Waals surface area contributed by atoms with E-state index >= 15 is 0 Å². The van der Waals surface area contributed by atoms with Gasteiger partial charge in [0.15, 0.2) is 0 Å². The third-order valence-corrected chi connectivity index (χ3v) is 4.51. The number of rotatable bonds is 4. The Bertz CT molecular complexity index is 952. The van der Waals surface area contributed by atoms with Gasteiger partial charge in [0.25, 0.3) is 5.91 Å². The molecule has 3 amide bonds. The molecule has 0 fully saturated rings. The lowest BCUT2D eigenvalue weighted by Gasteiger charge is -2.18. The van der Waals surface area contributed by atoms with E-state index in [0.29, 0.717) is 30.1 Å². The molecule has 0 bridgehead atoms. The maximum atomic E-state index is 12.8. The van der Waals surface area contributed by atoms with E-state index in [1.54, 1.807) is 23.3 Å². The smallest absolute Gasteiger partial charge is 0.319 e. The first-order valence-electron chi connectivity index (χ1n) is 8.78. The summed E-state index contributed by atoms with van der Waals surface area (Å²) in [5.41, 5.74) is 3.23. The van der Waals surface area contributed by atoms with Gasteiger partial charge in [0.1, 0.15) is 5.76 Å². The number of carbonyl (C=O) groups excluding carboxylic acids is 2. The summed E-state index contributed by atoms with van der Waals surface area (Å²) in [4.78, 5) is 26.7. The Morgan fingerprint density at radius 2 is 1.89 bits per heavy atom. The Labute approximate surface area is 156 Å². The monoisotopic (exact) mass is 361 g/mol. The predicted molar refractivity (Wildman–Crippen MR) is 103 cm³/mol. The summed E-state index contributed by atoms with van der Waals surface area (Å²) >= 11 is 0. The molecule has 1 aromatic heterocycles. The molecule has 1 aliphatic heterocycles. The molecule has 2 aromatic carbocycles. The molecule has 0 aliphatic carbocycles. The number of benzene rings is 2. The van der Waals surface area contributed by atoms with Crippen molar-refractivity contribution in [1.82, 2.24) is 5.32 Å². The minimum atomic E-state index is -0.328. The van der Waals surface area contributed by atoms with Crippen molar-refractivity contribution in [2.24, 2.45) is 0 Å². The van der Waals surface area contributed by atoms with Gasteiger partial charge in [0.2, 0.25) is 0 Å². The number of nitrogens with one attached hydrogen (secondary N) is 2. The zero-order chi connectivity index (χ0) is 18.6. The number of nitrogens with zero attached hydrogens (tertiary/aromatic N) is 1. The van der Waals surface area contributed by atoms with Crippen LogP contribution >= 0.6 is 0 Å². The van der Waals surface area contributed by atoms with Gasteiger partial charge in [-0.05, 0) is 48.4 Å². The third-order valence-electron chi connectivity index (χ3n) is 4.51. The summed E-state index contributed by atoms with van der Waals surface area (Å²) in [5, 5.41) is 5.54. The van der Waals surface area contributed by atoms with Crippen molar-refractivity contribution in [2.45, 2.75) is 13.0 Å². The van der Waals surface area contributed by atoms with Crippen LogP contribution < -0.4 is 15.5 Å². The predicted octanol–water partition coefficient (Wildman–Crippen LogP) is 3.80. The number of hydrogen-bond donors (Lipinski definition) is 2. The highest BCUT2D eigenvalue weighted by atomic mass is 16.3. The van der Waals surface area contributed by atoms with Crippen LogP contribution in [-0.2, 0) is 13.0 Å². The lowest BCUT2D eigenvalue weighted by atomic mass is 10.1. The summed E-state index contributed by atoms with van der Waals surface area (Å²) in [6.07, 6.45) is 2.37. The zero-order valence-corrected chi connectivity index (χ0v) is 14.6. The standard InChI is InChI=1S/C21H19N3O3/c25-20(16-5-2-1-3-6-16)24-11-10-15-8-9-17(13-19(15)24)23-21(26)22-14-18-7-4-12-27-18/h1-9,12-13H,10-11,14H2,(H2,22,23,26). The molecule has 3 aromatic rings. The number of furan rings is 1. The minimum absolute atomic E-state index is 0.0335. The summed E-state index contributed by atoms with van der Waals surface area (Å²) in [6, 6.07) is 18.1. The van der Waals surface area contributed by atoms with Crippen LogP contribution in [0.4, 0.5) is 16.2 Å². The van der Waals surface area contributed by atoms with Crippen LogP contribution in [0.15, 0.2) is 71.3 Å². The first-order valence-corrected chi connectivity index (χ1v) is 8.78. The summed E-state index contributed by atoms with van der Waals surface area (Å²) in [6.45, 7) is 0.944. The molecular weight excluding hydrogens is 342 g/mol. The number of anilines is 2. The van der Waals surface area contributed by atoms with Crippen LogP contribution in [0.2, 0.25) is 0 Å². The second kappa shape index (κ2) is 7.37. The fraction of sp³-hybridized carbons (Fsp3) is 0.143. The van der Waals surface area contributed by atoms with E-state index in [2.05, 4.69) is 10.6 Å². The molecule has 0 atom stereocenters.